The van der Waals surface area contributed by atoms with Crippen molar-refractivity contribution in [2.24, 2.45) is 17.6 Å². The van der Waals surface area contributed by atoms with Crippen LogP contribution in [0.4, 0.5) is 17.1 Å². The van der Waals surface area contributed by atoms with Crippen molar-refractivity contribution in [3.63, 3.8) is 0 Å². The Morgan fingerprint density at radius 2 is 1.72 bits per heavy atom. The van der Waals surface area contributed by atoms with Crippen molar-refractivity contribution in [1.29, 1.82) is 0 Å². The lowest BCUT2D eigenvalue weighted by Gasteiger charge is -2.31. The number of rotatable bonds is 11. The average molecular weight is 410 g/mol. The first-order valence-corrected chi connectivity index (χ1v) is 9.05. The fourth-order valence-corrected chi connectivity index (χ4v) is 3.05. The van der Waals surface area contributed by atoms with Crippen LogP contribution in [-0.4, -0.2) is 38.3 Å². The van der Waals surface area contributed by atoms with Crippen LogP contribution in [0.25, 0.3) is 0 Å². The number of nitrogens with zero attached hydrogens (tertiary/aromatic N) is 2. The summed E-state index contributed by atoms with van der Waals surface area (Å²) in [5.41, 5.74) is 2.59. The molecule has 0 aliphatic rings. The predicted molar refractivity (Wildman–Crippen MR) is 106 cm³/mol. The molecule has 11 nitrogen and oxygen atoms in total. The summed E-state index contributed by atoms with van der Waals surface area (Å²) in [6.45, 7) is 7.05. The molecule has 0 aliphatic heterocycles. The number of hydrogen-bond acceptors (Lipinski definition) is 8. The summed E-state index contributed by atoms with van der Waals surface area (Å²) >= 11 is 0. The van der Waals surface area contributed by atoms with E-state index in [1.807, 2.05) is 0 Å². The highest BCUT2D eigenvalue weighted by Crippen LogP contribution is 2.31. The summed E-state index contributed by atoms with van der Waals surface area (Å²) in [6.07, 6.45) is 0.0527. The molecule has 0 saturated carbocycles. The number of ketones is 1. The number of Topliss-reactive ketones (excluding diaryl/α,β-unsaturated/α-hetero) is 1. The topological polar surface area (TPSA) is 179 Å². The number of aliphatic carboxylic acids is 1. The highest BCUT2D eigenvalue weighted by molar-refractivity contribution is 6.10. The van der Waals surface area contributed by atoms with Gasteiger partial charge in [0.05, 0.1) is 22.0 Å². The van der Waals surface area contributed by atoms with Crippen LogP contribution in [0.2, 0.25) is 0 Å². The summed E-state index contributed by atoms with van der Waals surface area (Å²) in [5.74, 6) is -2.54. The van der Waals surface area contributed by atoms with E-state index in [1.165, 1.54) is 0 Å². The Morgan fingerprint density at radius 1 is 1.14 bits per heavy atom. The smallest absolute Gasteiger partial charge is 0.331 e. The number of anilines is 1. The second-order valence-electron chi connectivity index (χ2n) is 7.78. The Balaban J connectivity index is 3.40. The molecule has 0 aromatic heterocycles. The zero-order valence-electron chi connectivity index (χ0n) is 16.7. The fourth-order valence-electron chi connectivity index (χ4n) is 3.05. The highest BCUT2D eigenvalue weighted by Gasteiger charge is 2.46. The Labute approximate surface area is 167 Å². The second kappa shape index (κ2) is 9.41. The number of carboxylic acids is 1. The maximum atomic E-state index is 13.1. The molecule has 0 aliphatic carbocycles. The summed E-state index contributed by atoms with van der Waals surface area (Å²) in [7, 11) is 0. The van der Waals surface area contributed by atoms with E-state index in [4.69, 9.17) is 5.73 Å². The SMILES string of the molecule is CC(C)C[C@H](Nc1ccc([N+](=O)[O-])cc1[N+](=O)[O-])C(=O)[C@](N)(CC(C)C)C(=O)O. The van der Waals surface area contributed by atoms with Crippen molar-refractivity contribution < 1.29 is 24.5 Å². The van der Waals surface area contributed by atoms with Crippen LogP contribution in [-0.2, 0) is 9.59 Å². The minimum atomic E-state index is -2.17. The average Bonchev–Trinajstić information content (AvgIpc) is 2.59. The zero-order valence-corrected chi connectivity index (χ0v) is 16.7. The Morgan fingerprint density at radius 3 is 2.14 bits per heavy atom. The lowest BCUT2D eigenvalue weighted by molar-refractivity contribution is -0.393. The maximum absolute atomic E-state index is 13.1. The quantitative estimate of drug-likeness (QED) is 0.281. The fraction of sp³-hybridized carbons (Fsp3) is 0.556. The van der Waals surface area contributed by atoms with Gasteiger partial charge in [-0.05, 0) is 30.7 Å². The van der Waals surface area contributed by atoms with Gasteiger partial charge in [-0.15, -0.1) is 0 Å². The predicted octanol–water partition coefficient (Wildman–Crippen LogP) is 2.73. The van der Waals surface area contributed by atoms with Crippen LogP contribution in [0.3, 0.4) is 0 Å². The number of benzene rings is 1. The molecule has 0 radical (unpaired) electrons. The third-order valence-electron chi connectivity index (χ3n) is 4.29. The number of carbonyl (C=O) groups is 2. The molecule has 4 N–H and O–H groups in total. The highest BCUT2D eigenvalue weighted by atomic mass is 16.6. The van der Waals surface area contributed by atoms with Crippen molar-refractivity contribution in [3.05, 3.63) is 38.4 Å². The molecule has 1 aromatic rings. The van der Waals surface area contributed by atoms with Crippen molar-refractivity contribution in [2.75, 3.05) is 5.32 Å². The van der Waals surface area contributed by atoms with E-state index >= 15 is 0 Å². The van der Waals surface area contributed by atoms with Gasteiger partial charge in [0.25, 0.3) is 11.4 Å². The lowest BCUT2D eigenvalue weighted by Crippen LogP contribution is -2.60. The molecule has 0 fully saturated rings. The minimum absolute atomic E-state index is 0.0642. The van der Waals surface area contributed by atoms with Crippen molar-refractivity contribution >= 4 is 28.8 Å². The number of nitro benzene ring substituents is 2. The van der Waals surface area contributed by atoms with Gasteiger partial charge in [-0.1, -0.05) is 27.7 Å². The molecule has 2 atom stereocenters. The molecule has 0 saturated heterocycles. The maximum Gasteiger partial charge on any atom is 0.331 e. The first-order chi connectivity index (χ1) is 13.3. The molecule has 11 heteroatoms. The van der Waals surface area contributed by atoms with Gasteiger partial charge >= 0.3 is 5.97 Å². The zero-order chi connectivity index (χ0) is 22.5. The molecular formula is C18H26N4O7. The molecule has 29 heavy (non-hydrogen) atoms. The largest absolute Gasteiger partial charge is 0.480 e. The van der Waals surface area contributed by atoms with E-state index in [-0.39, 0.29) is 30.4 Å². The van der Waals surface area contributed by atoms with Crippen LogP contribution in [0.15, 0.2) is 18.2 Å². The number of non-ortho nitro benzene ring substituents is 1. The third kappa shape index (κ3) is 5.95. The monoisotopic (exact) mass is 410 g/mol. The number of nitrogens with two attached hydrogens (primary N) is 1. The summed E-state index contributed by atoms with van der Waals surface area (Å²) in [6, 6.07) is 1.83. The summed E-state index contributed by atoms with van der Waals surface area (Å²) in [5, 5.41) is 34.5. The molecule has 0 unspecified atom stereocenters. The molecule has 160 valence electrons. The van der Waals surface area contributed by atoms with Crippen LogP contribution in [0.5, 0.6) is 0 Å². The summed E-state index contributed by atoms with van der Waals surface area (Å²) < 4.78 is 0. The molecule has 0 amide bonds. The van der Waals surface area contributed by atoms with Crippen molar-refractivity contribution in [3.8, 4) is 0 Å². The first-order valence-electron chi connectivity index (χ1n) is 9.05. The third-order valence-corrected chi connectivity index (χ3v) is 4.29. The van der Waals surface area contributed by atoms with E-state index in [1.54, 1.807) is 27.7 Å². The van der Waals surface area contributed by atoms with Gasteiger partial charge in [0.1, 0.15) is 5.69 Å². The van der Waals surface area contributed by atoms with Gasteiger partial charge in [0.15, 0.2) is 11.3 Å². The number of carboxylic acid groups (broad SMARTS) is 1. The molecule has 0 bridgehead atoms. The van der Waals surface area contributed by atoms with Gasteiger partial charge in [-0.3, -0.25) is 25.0 Å². The van der Waals surface area contributed by atoms with Crippen molar-refractivity contribution in [1.82, 2.24) is 0 Å². The lowest BCUT2D eigenvalue weighted by atomic mass is 9.81. The van der Waals surface area contributed by atoms with E-state index in [9.17, 15) is 34.9 Å². The summed E-state index contributed by atoms with van der Waals surface area (Å²) in [4.78, 5) is 45.5. The van der Waals surface area contributed by atoms with Crippen LogP contribution < -0.4 is 11.1 Å². The first kappa shape index (κ1) is 24.0. The van der Waals surface area contributed by atoms with Crippen LogP contribution >= 0.6 is 0 Å². The van der Waals surface area contributed by atoms with Crippen LogP contribution in [0.1, 0.15) is 40.5 Å². The van der Waals surface area contributed by atoms with Gasteiger partial charge < -0.3 is 16.2 Å². The van der Waals surface area contributed by atoms with Gasteiger partial charge in [0.2, 0.25) is 0 Å². The number of carbonyl (C=O) groups excluding carboxylic acids is 1. The van der Waals surface area contributed by atoms with E-state index < -0.39 is 44.6 Å². The van der Waals surface area contributed by atoms with Crippen LogP contribution in [0, 0.1) is 32.1 Å². The van der Waals surface area contributed by atoms with Gasteiger partial charge in [0, 0.05) is 6.07 Å². The van der Waals surface area contributed by atoms with E-state index in [0.717, 1.165) is 18.2 Å². The molecular weight excluding hydrogens is 384 g/mol. The Bertz CT molecular complexity index is 809. The molecule has 1 rings (SSSR count). The molecule has 0 spiro atoms. The standard InChI is InChI=1S/C18H26N4O7/c1-10(2)7-14(16(23)18(19,17(24)25)9-11(3)4)20-13-6-5-12(21(26)27)8-15(13)22(28)29/h5-6,8,10-11,14,20H,7,9,19H2,1-4H3,(H,24,25)/t14-,18+/m0/s1. The number of hydrogen-bond donors (Lipinski definition) is 3. The normalized spacial score (nSPS) is 14.3. The number of nitrogens with one attached hydrogen (secondary N) is 1. The molecule has 1 aromatic carbocycles. The van der Waals surface area contributed by atoms with E-state index in [2.05, 4.69) is 5.32 Å². The minimum Gasteiger partial charge on any atom is -0.480 e. The second-order valence-corrected chi connectivity index (χ2v) is 7.78. The molecule has 0 heterocycles. The Kier molecular flexibility index (Phi) is 7.78. The Hall–Kier alpha value is -3.08. The van der Waals surface area contributed by atoms with Gasteiger partial charge in [-0.2, -0.15) is 0 Å². The van der Waals surface area contributed by atoms with Crippen molar-refractivity contribution in [2.45, 2.75) is 52.1 Å². The number of nitro groups is 2. The van der Waals surface area contributed by atoms with Gasteiger partial charge in [-0.25, -0.2) is 4.79 Å². The van der Waals surface area contributed by atoms with E-state index in [0.29, 0.717) is 0 Å².